The molecule has 0 saturated carbocycles. The average molecular weight is 256 g/mol. The van der Waals surface area contributed by atoms with E-state index in [4.69, 9.17) is 5.73 Å². The Kier molecular flexibility index (Phi) is 3.61. The number of nitrogens with one attached hydrogen (secondary N) is 1. The average Bonchev–Trinajstić information content (AvgIpc) is 2.41. The summed E-state index contributed by atoms with van der Waals surface area (Å²) < 4.78 is 12.8. The molecule has 0 aromatic heterocycles. The summed E-state index contributed by atoms with van der Waals surface area (Å²) in [5.74, 6) is -0.664. The van der Waals surface area contributed by atoms with Crippen LogP contribution in [0.1, 0.15) is 15.9 Å². The van der Waals surface area contributed by atoms with E-state index >= 15 is 0 Å². The van der Waals surface area contributed by atoms with Gasteiger partial charge in [-0.15, -0.1) is 0 Å². The highest BCUT2D eigenvalue weighted by Gasteiger charge is 2.10. The number of anilines is 2. The molecule has 2 aromatic rings. The molecule has 2 aromatic carbocycles. The maximum atomic E-state index is 12.8. The Morgan fingerprint density at radius 3 is 2.53 bits per heavy atom. The summed E-state index contributed by atoms with van der Waals surface area (Å²) in [4.78, 5) is 12.1. The molecule has 1 amide bonds. The van der Waals surface area contributed by atoms with Gasteiger partial charge in [0.25, 0.3) is 5.91 Å². The highest BCUT2D eigenvalue weighted by atomic mass is 19.1. The van der Waals surface area contributed by atoms with Crippen molar-refractivity contribution in [1.82, 2.24) is 0 Å². The number of nitrogen functional groups attached to an aromatic ring is 1. The van der Waals surface area contributed by atoms with E-state index in [1.165, 1.54) is 24.3 Å². The van der Waals surface area contributed by atoms with Crippen molar-refractivity contribution in [2.75, 3.05) is 11.1 Å². The molecule has 0 fully saturated rings. The first-order valence-electron chi connectivity index (χ1n) is 5.69. The van der Waals surface area contributed by atoms with E-state index in [2.05, 4.69) is 11.9 Å². The zero-order valence-corrected chi connectivity index (χ0v) is 10.2. The molecule has 19 heavy (non-hydrogen) atoms. The van der Waals surface area contributed by atoms with Gasteiger partial charge < -0.3 is 11.1 Å². The van der Waals surface area contributed by atoms with Crippen molar-refractivity contribution in [2.24, 2.45) is 0 Å². The summed E-state index contributed by atoms with van der Waals surface area (Å²) in [6.45, 7) is 3.65. The molecule has 4 heteroatoms. The predicted octanol–water partition coefficient (Wildman–Crippen LogP) is 3.30. The second kappa shape index (κ2) is 5.35. The van der Waals surface area contributed by atoms with Crippen LogP contribution in [0.4, 0.5) is 15.8 Å². The molecule has 96 valence electrons. The number of hydrogen-bond donors (Lipinski definition) is 2. The van der Waals surface area contributed by atoms with Crippen molar-refractivity contribution in [3.63, 3.8) is 0 Å². The van der Waals surface area contributed by atoms with Crippen LogP contribution in [0.2, 0.25) is 0 Å². The molecule has 3 N–H and O–H groups in total. The molecule has 0 unspecified atom stereocenters. The molecule has 0 heterocycles. The third kappa shape index (κ3) is 2.98. The lowest BCUT2D eigenvalue weighted by Gasteiger charge is -2.08. The fraction of sp³-hybridized carbons (Fsp3) is 0. The minimum Gasteiger partial charge on any atom is -0.399 e. The lowest BCUT2D eigenvalue weighted by atomic mass is 10.1. The van der Waals surface area contributed by atoms with Crippen LogP contribution in [-0.4, -0.2) is 5.91 Å². The molecular formula is C15H13FN2O. The van der Waals surface area contributed by atoms with E-state index in [0.29, 0.717) is 22.5 Å². The largest absolute Gasteiger partial charge is 0.399 e. The van der Waals surface area contributed by atoms with Gasteiger partial charge in [0.05, 0.1) is 0 Å². The van der Waals surface area contributed by atoms with Crippen LogP contribution >= 0.6 is 0 Å². The van der Waals surface area contributed by atoms with Crippen LogP contribution in [0, 0.1) is 5.82 Å². The number of carbonyl (C=O) groups excluding carboxylic acids is 1. The van der Waals surface area contributed by atoms with Crippen molar-refractivity contribution in [3.8, 4) is 0 Å². The van der Waals surface area contributed by atoms with Crippen LogP contribution in [0.3, 0.4) is 0 Å². The zero-order chi connectivity index (χ0) is 13.8. The second-order valence-corrected chi connectivity index (χ2v) is 4.01. The highest BCUT2D eigenvalue weighted by Crippen LogP contribution is 2.17. The molecule has 2 rings (SSSR count). The van der Waals surface area contributed by atoms with Crippen molar-refractivity contribution in [3.05, 3.63) is 66.0 Å². The lowest BCUT2D eigenvalue weighted by molar-refractivity contribution is 0.102. The number of halogens is 1. The Morgan fingerprint density at radius 1 is 1.21 bits per heavy atom. The van der Waals surface area contributed by atoms with Crippen LogP contribution < -0.4 is 11.1 Å². The lowest BCUT2D eigenvalue weighted by Crippen LogP contribution is -2.13. The number of rotatable bonds is 3. The third-order valence-corrected chi connectivity index (χ3v) is 2.64. The summed E-state index contributed by atoms with van der Waals surface area (Å²) >= 11 is 0. The number of nitrogens with two attached hydrogens (primary N) is 1. The summed E-state index contributed by atoms with van der Waals surface area (Å²) in [6, 6.07) is 10.6. The normalized spacial score (nSPS) is 9.95. The van der Waals surface area contributed by atoms with Crippen LogP contribution in [-0.2, 0) is 0 Å². The van der Waals surface area contributed by atoms with Gasteiger partial charge in [-0.05, 0) is 42.0 Å². The van der Waals surface area contributed by atoms with E-state index in [-0.39, 0.29) is 11.7 Å². The zero-order valence-electron chi connectivity index (χ0n) is 10.2. The topological polar surface area (TPSA) is 55.1 Å². The Labute approximate surface area is 110 Å². The molecule has 0 spiro atoms. The van der Waals surface area contributed by atoms with E-state index in [1.54, 1.807) is 24.3 Å². The molecule has 0 aliphatic heterocycles. The van der Waals surface area contributed by atoms with Crippen molar-refractivity contribution < 1.29 is 9.18 Å². The Morgan fingerprint density at radius 2 is 1.89 bits per heavy atom. The smallest absolute Gasteiger partial charge is 0.256 e. The first kappa shape index (κ1) is 12.8. The second-order valence-electron chi connectivity index (χ2n) is 4.01. The highest BCUT2D eigenvalue weighted by molar-refractivity contribution is 6.07. The summed E-state index contributed by atoms with van der Waals surface area (Å²) in [5, 5.41) is 2.68. The summed E-state index contributed by atoms with van der Waals surface area (Å²) in [5.41, 5.74) is 7.80. The molecule has 3 nitrogen and oxygen atoms in total. The van der Waals surface area contributed by atoms with E-state index in [1.807, 2.05) is 0 Å². The van der Waals surface area contributed by atoms with Gasteiger partial charge in [0.1, 0.15) is 5.82 Å². The standard InChI is InChI=1S/C15H13FN2O/c1-2-10-3-6-12(17)9-14(10)15(19)18-13-7-4-11(16)5-8-13/h2-9H,1,17H2,(H,18,19). The van der Waals surface area contributed by atoms with Gasteiger partial charge >= 0.3 is 0 Å². The molecule has 0 atom stereocenters. The molecule has 0 bridgehead atoms. The fourth-order valence-electron chi connectivity index (χ4n) is 1.68. The monoisotopic (exact) mass is 256 g/mol. The van der Waals surface area contributed by atoms with Crippen LogP contribution in [0.5, 0.6) is 0 Å². The van der Waals surface area contributed by atoms with Gasteiger partial charge in [-0.2, -0.15) is 0 Å². The first-order chi connectivity index (χ1) is 9.10. The molecular weight excluding hydrogens is 243 g/mol. The fourth-order valence-corrected chi connectivity index (χ4v) is 1.68. The van der Waals surface area contributed by atoms with E-state index < -0.39 is 0 Å². The van der Waals surface area contributed by atoms with Crippen molar-refractivity contribution in [1.29, 1.82) is 0 Å². The first-order valence-corrected chi connectivity index (χ1v) is 5.69. The van der Waals surface area contributed by atoms with Crippen molar-refractivity contribution >= 4 is 23.4 Å². The Bertz CT molecular complexity index is 621. The minimum atomic E-state index is -0.353. The van der Waals surface area contributed by atoms with Crippen molar-refractivity contribution in [2.45, 2.75) is 0 Å². The maximum absolute atomic E-state index is 12.8. The maximum Gasteiger partial charge on any atom is 0.256 e. The van der Waals surface area contributed by atoms with Gasteiger partial charge in [0.15, 0.2) is 0 Å². The number of hydrogen-bond acceptors (Lipinski definition) is 2. The number of carbonyl (C=O) groups is 1. The van der Waals surface area contributed by atoms with Crippen LogP contribution in [0.15, 0.2) is 49.0 Å². The van der Waals surface area contributed by atoms with E-state index in [0.717, 1.165) is 0 Å². The third-order valence-electron chi connectivity index (χ3n) is 2.64. The summed E-state index contributed by atoms with van der Waals surface area (Å²) in [7, 11) is 0. The molecule has 0 aliphatic carbocycles. The Hall–Kier alpha value is -2.62. The molecule has 0 radical (unpaired) electrons. The quantitative estimate of drug-likeness (QED) is 0.828. The molecule has 0 aliphatic rings. The van der Waals surface area contributed by atoms with Gasteiger partial charge in [-0.1, -0.05) is 18.7 Å². The summed E-state index contributed by atoms with van der Waals surface area (Å²) in [6.07, 6.45) is 1.58. The number of benzene rings is 2. The predicted molar refractivity (Wildman–Crippen MR) is 75.3 cm³/mol. The SMILES string of the molecule is C=Cc1ccc(N)cc1C(=O)Nc1ccc(F)cc1. The minimum absolute atomic E-state index is 0.311. The van der Waals surface area contributed by atoms with E-state index in [9.17, 15) is 9.18 Å². The molecule has 0 saturated heterocycles. The van der Waals surface area contributed by atoms with Gasteiger partial charge in [-0.25, -0.2) is 4.39 Å². The van der Waals surface area contributed by atoms with Gasteiger partial charge in [-0.3, -0.25) is 4.79 Å². The van der Waals surface area contributed by atoms with Crippen LogP contribution in [0.25, 0.3) is 6.08 Å². The Balaban J connectivity index is 2.27. The van der Waals surface area contributed by atoms with Gasteiger partial charge in [0.2, 0.25) is 0 Å². The number of amides is 1. The van der Waals surface area contributed by atoms with Gasteiger partial charge in [0, 0.05) is 16.9 Å².